The van der Waals surface area contributed by atoms with E-state index in [9.17, 15) is 14.4 Å². The van der Waals surface area contributed by atoms with Crippen molar-refractivity contribution in [3.05, 3.63) is 53.6 Å². The number of hydrogen-bond donors (Lipinski definition) is 1. The molecule has 0 aromatic heterocycles. The lowest BCUT2D eigenvalue weighted by Gasteiger charge is -2.13. The summed E-state index contributed by atoms with van der Waals surface area (Å²) in [6, 6.07) is 13.9. The predicted molar refractivity (Wildman–Crippen MR) is 97.5 cm³/mol. The van der Waals surface area contributed by atoms with Gasteiger partial charge in [-0.1, -0.05) is 29.8 Å². The fourth-order valence-corrected chi connectivity index (χ4v) is 2.16. The number of ether oxygens (including phenoxy) is 2. The minimum Gasteiger partial charge on any atom is -0.456 e. The van der Waals surface area contributed by atoms with Gasteiger partial charge in [0.2, 0.25) is 0 Å². The van der Waals surface area contributed by atoms with Crippen molar-refractivity contribution < 1.29 is 23.9 Å². The Balaban J connectivity index is 1.97. The summed E-state index contributed by atoms with van der Waals surface area (Å²) in [6.07, 6.45) is 0.0337. The third-order valence-electron chi connectivity index (χ3n) is 3.23. The van der Waals surface area contributed by atoms with E-state index in [0.29, 0.717) is 22.2 Å². The zero-order valence-corrected chi connectivity index (χ0v) is 14.9. The molecular formula is C19H18ClNO5. The number of carbonyl (C=O) groups is 3. The first-order chi connectivity index (χ1) is 12.4. The molecule has 1 amide bonds. The average molecular weight is 376 g/mol. The molecule has 1 N–H and O–H groups in total. The molecule has 6 nitrogen and oxygen atoms in total. The van der Waals surface area contributed by atoms with Crippen molar-refractivity contribution in [1.29, 1.82) is 0 Å². The minimum atomic E-state index is -0.609. The Morgan fingerprint density at radius 2 is 1.77 bits per heavy atom. The first-order valence-corrected chi connectivity index (χ1v) is 8.29. The highest BCUT2D eigenvalue weighted by Gasteiger charge is 2.12. The number of hydrogen-bond acceptors (Lipinski definition) is 5. The zero-order valence-electron chi connectivity index (χ0n) is 14.2. The van der Waals surface area contributed by atoms with Gasteiger partial charge >= 0.3 is 5.97 Å². The second-order valence-corrected chi connectivity index (χ2v) is 5.90. The quantitative estimate of drug-likeness (QED) is 0.705. The van der Waals surface area contributed by atoms with E-state index in [4.69, 9.17) is 21.1 Å². The van der Waals surface area contributed by atoms with Crippen LogP contribution < -0.4 is 10.1 Å². The van der Waals surface area contributed by atoms with Crippen LogP contribution in [0.3, 0.4) is 0 Å². The summed E-state index contributed by atoms with van der Waals surface area (Å²) in [5, 5.41) is 3.02. The maximum atomic E-state index is 12.0. The molecule has 136 valence electrons. The van der Waals surface area contributed by atoms with E-state index in [-0.39, 0.29) is 18.6 Å². The molecule has 0 fully saturated rings. The van der Waals surface area contributed by atoms with Gasteiger partial charge in [-0.2, -0.15) is 0 Å². The number of rotatable bonds is 8. The van der Waals surface area contributed by atoms with Gasteiger partial charge in [0.25, 0.3) is 5.91 Å². The number of para-hydroxylation sites is 1. The molecule has 2 aromatic rings. The normalized spacial score (nSPS) is 10.1. The molecule has 0 atom stereocenters. The molecule has 2 rings (SSSR count). The number of halogens is 1. The van der Waals surface area contributed by atoms with E-state index in [1.807, 2.05) is 18.2 Å². The number of anilines is 1. The third kappa shape index (κ3) is 6.57. The van der Waals surface area contributed by atoms with Crippen molar-refractivity contribution in [3.63, 3.8) is 0 Å². The Morgan fingerprint density at radius 3 is 2.46 bits per heavy atom. The first kappa shape index (κ1) is 19.5. The Bertz CT molecular complexity index is 792. The molecule has 7 heteroatoms. The van der Waals surface area contributed by atoms with Gasteiger partial charge in [0, 0.05) is 11.4 Å². The van der Waals surface area contributed by atoms with E-state index in [1.165, 1.54) is 13.0 Å². The van der Waals surface area contributed by atoms with Crippen LogP contribution in [0.15, 0.2) is 48.5 Å². The second-order valence-electron chi connectivity index (χ2n) is 5.47. The van der Waals surface area contributed by atoms with Crippen LogP contribution in [0.2, 0.25) is 5.02 Å². The Kier molecular flexibility index (Phi) is 7.17. The van der Waals surface area contributed by atoms with Gasteiger partial charge in [0.1, 0.15) is 11.5 Å². The van der Waals surface area contributed by atoms with Crippen LogP contribution in [-0.2, 0) is 19.1 Å². The number of nitrogens with one attached hydrogen (secondary N) is 1. The third-order valence-corrected chi connectivity index (χ3v) is 3.47. The van der Waals surface area contributed by atoms with Crippen molar-refractivity contribution in [2.45, 2.75) is 19.8 Å². The highest BCUT2D eigenvalue weighted by Crippen LogP contribution is 2.31. The van der Waals surface area contributed by atoms with Gasteiger partial charge in [-0.25, -0.2) is 0 Å². The van der Waals surface area contributed by atoms with Crippen molar-refractivity contribution in [2.75, 3.05) is 11.9 Å². The van der Waals surface area contributed by atoms with Gasteiger partial charge in [0.05, 0.1) is 12.1 Å². The maximum absolute atomic E-state index is 12.0. The molecule has 0 spiro atoms. The number of ketones is 1. The smallest absolute Gasteiger partial charge is 0.306 e. The number of Topliss-reactive ketones (excluding diaryl/α,β-unsaturated/α-hetero) is 1. The average Bonchev–Trinajstić information content (AvgIpc) is 2.61. The summed E-state index contributed by atoms with van der Waals surface area (Å²) < 4.78 is 10.6. The molecule has 0 aliphatic rings. The lowest BCUT2D eigenvalue weighted by atomic mass is 10.2. The van der Waals surface area contributed by atoms with Crippen molar-refractivity contribution >= 4 is 34.9 Å². The van der Waals surface area contributed by atoms with Crippen LogP contribution in [-0.4, -0.2) is 24.3 Å². The fourth-order valence-electron chi connectivity index (χ4n) is 1.99. The van der Waals surface area contributed by atoms with Gasteiger partial charge in [-0.3, -0.25) is 9.59 Å². The van der Waals surface area contributed by atoms with Gasteiger partial charge < -0.3 is 19.6 Å². The molecule has 2 aromatic carbocycles. The van der Waals surface area contributed by atoms with Crippen LogP contribution >= 0.6 is 11.6 Å². The first-order valence-electron chi connectivity index (χ1n) is 7.91. The molecular weight excluding hydrogens is 358 g/mol. The largest absolute Gasteiger partial charge is 0.456 e. The van der Waals surface area contributed by atoms with E-state index in [0.717, 1.165) is 0 Å². The summed E-state index contributed by atoms with van der Waals surface area (Å²) in [4.78, 5) is 34.3. The molecule has 0 bridgehead atoms. The SMILES string of the molecule is CC(=O)CCC(=O)OCC(=O)Nc1cc(Cl)ccc1Oc1ccccc1. The van der Waals surface area contributed by atoms with Gasteiger partial charge in [-0.05, 0) is 37.3 Å². The summed E-state index contributed by atoms with van der Waals surface area (Å²) in [7, 11) is 0. The molecule has 0 unspecified atom stereocenters. The molecule has 0 aliphatic heterocycles. The monoisotopic (exact) mass is 375 g/mol. The van der Waals surface area contributed by atoms with Crippen molar-refractivity contribution in [1.82, 2.24) is 0 Å². The van der Waals surface area contributed by atoms with Gasteiger partial charge in [0.15, 0.2) is 12.4 Å². The highest BCUT2D eigenvalue weighted by atomic mass is 35.5. The van der Waals surface area contributed by atoms with E-state index >= 15 is 0 Å². The van der Waals surface area contributed by atoms with E-state index in [1.54, 1.807) is 24.3 Å². The zero-order chi connectivity index (χ0) is 18.9. The van der Waals surface area contributed by atoms with Crippen LogP contribution in [0.25, 0.3) is 0 Å². The number of carbonyl (C=O) groups excluding carboxylic acids is 3. The van der Waals surface area contributed by atoms with Crippen LogP contribution in [0.4, 0.5) is 5.69 Å². The van der Waals surface area contributed by atoms with Crippen LogP contribution in [0, 0.1) is 0 Å². The Labute approximate surface area is 156 Å². The number of amides is 1. The van der Waals surface area contributed by atoms with E-state index < -0.39 is 18.5 Å². The lowest BCUT2D eigenvalue weighted by molar-refractivity contribution is -0.148. The Hall–Kier alpha value is -2.86. The molecule has 0 heterocycles. The number of esters is 1. The van der Waals surface area contributed by atoms with Gasteiger partial charge in [-0.15, -0.1) is 0 Å². The predicted octanol–water partition coefficient (Wildman–Crippen LogP) is 3.98. The van der Waals surface area contributed by atoms with Crippen LogP contribution in [0.1, 0.15) is 19.8 Å². The highest BCUT2D eigenvalue weighted by molar-refractivity contribution is 6.31. The van der Waals surface area contributed by atoms with Crippen molar-refractivity contribution in [2.24, 2.45) is 0 Å². The fraction of sp³-hybridized carbons (Fsp3) is 0.211. The summed E-state index contributed by atoms with van der Waals surface area (Å²) in [6.45, 7) is 0.918. The molecule has 0 radical (unpaired) electrons. The molecule has 26 heavy (non-hydrogen) atoms. The summed E-state index contributed by atoms with van der Waals surface area (Å²) in [5.74, 6) is -0.269. The second kappa shape index (κ2) is 9.58. The Morgan fingerprint density at radius 1 is 1.04 bits per heavy atom. The molecule has 0 saturated carbocycles. The molecule has 0 aliphatic carbocycles. The van der Waals surface area contributed by atoms with Crippen LogP contribution in [0.5, 0.6) is 11.5 Å². The summed E-state index contributed by atoms with van der Waals surface area (Å²) >= 11 is 5.98. The van der Waals surface area contributed by atoms with E-state index in [2.05, 4.69) is 5.32 Å². The maximum Gasteiger partial charge on any atom is 0.306 e. The lowest BCUT2D eigenvalue weighted by Crippen LogP contribution is -2.21. The minimum absolute atomic E-state index is 0.0534. The summed E-state index contributed by atoms with van der Waals surface area (Å²) in [5.41, 5.74) is 0.353. The standard InChI is InChI=1S/C19H18ClNO5/c1-13(22)7-10-19(24)25-12-18(23)21-16-11-14(20)8-9-17(16)26-15-5-3-2-4-6-15/h2-6,8-9,11H,7,10,12H2,1H3,(H,21,23). The molecule has 0 saturated heterocycles. The number of benzene rings is 2. The van der Waals surface area contributed by atoms with Crippen molar-refractivity contribution in [3.8, 4) is 11.5 Å². The topological polar surface area (TPSA) is 81.7 Å².